The van der Waals surface area contributed by atoms with Gasteiger partial charge in [-0.2, -0.15) is 21.8 Å². The lowest BCUT2D eigenvalue weighted by atomic mass is 10.1. The molecule has 0 aromatic heterocycles. The molecule has 3 rings (SSSR count). The number of nitrogens with zero attached hydrogens (tertiary/aromatic N) is 3. The van der Waals surface area contributed by atoms with Gasteiger partial charge in [0.05, 0.1) is 17.4 Å². The summed E-state index contributed by atoms with van der Waals surface area (Å²) in [5, 5.41) is 5.57. The molecule has 0 saturated carbocycles. The Balaban J connectivity index is 0.000000928. The molecule has 232 valence electrons. The van der Waals surface area contributed by atoms with E-state index >= 15 is 0 Å². The summed E-state index contributed by atoms with van der Waals surface area (Å²) in [6.07, 6.45) is 0.482. The average Bonchev–Trinajstić information content (AvgIpc) is 2.83. The zero-order chi connectivity index (χ0) is 31.9. The van der Waals surface area contributed by atoms with Gasteiger partial charge in [-0.05, 0) is 76.1 Å². The Hall–Kier alpha value is -3.67. The lowest BCUT2D eigenvalue weighted by molar-refractivity contribution is 0.250. The first kappa shape index (κ1) is 34.5. The van der Waals surface area contributed by atoms with Gasteiger partial charge in [-0.3, -0.25) is 9.45 Å². The fraction of sp³-hybridized carbons (Fsp3) is 0.375. The number of benzene rings is 2. The van der Waals surface area contributed by atoms with Gasteiger partial charge in [0.2, 0.25) is 11.9 Å². The molecule has 14 nitrogen and oxygen atoms in total. The molecule has 18 heteroatoms. The molecule has 0 atom stereocenters. The van der Waals surface area contributed by atoms with Crippen molar-refractivity contribution in [1.82, 2.24) is 5.32 Å². The largest absolute Gasteiger partial charge is 0.492 e. The molecule has 1 aliphatic heterocycles. The minimum atomic E-state index is -4.82. The van der Waals surface area contributed by atoms with E-state index < -0.39 is 36.9 Å². The van der Waals surface area contributed by atoms with E-state index in [2.05, 4.69) is 20.6 Å². The summed E-state index contributed by atoms with van der Waals surface area (Å²) >= 11 is 6.39. The van der Waals surface area contributed by atoms with Gasteiger partial charge in [0.15, 0.2) is 0 Å². The third-order valence-corrected chi connectivity index (χ3v) is 7.50. The fourth-order valence-electron chi connectivity index (χ4n) is 3.63. The highest BCUT2D eigenvalue weighted by Gasteiger charge is 2.33. The number of nitrogens with one attached hydrogen (secondary N) is 2. The number of carbonyl (C=O) groups is 1. The van der Waals surface area contributed by atoms with Crippen LogP contribution >= 0.6 is 11.6 Å². The van der Waals surface area contributed by atoms with Gasteiger partial charge in [0.25, 0.3) is 10.1 Å². The van der Waals surface area contributed by atoms with Gasteiger partial charge in [-0.15, -0.1) is 3.89 Å². The van der Waals surface area contributed by atoms with Crippen molar-refractivity contribution in [1.29, 1.82) is 0 Å². The van der Waals surface area contributed by atoms with Crippen LogP contribution in [0.3, 0.4) is 0 Å². The number of ether oxygens (including phenoxy) is 1. The highest BCUT2D eigenvalue weighted by Crippen LogP contribution is 2.34. The number of urea groups is 1. The molecular formula is C24H33ClFN7O7S2. The van der Waals surface area contributed by atoms with Crippen LogP contribution in [0.25, 0.3) is 0 Å². The highest BCUT2D eigenvalue weighted by molar-refractivity contribution is 7.86. The van der Waals surface area contributed by atoms with E-state index in [1.165, 1.54) is 26.0 Å². The summed E-state index contributed by atoms with van der Waals surface area (Å²) in [7, 11) is -8.48. The van der Waals surface area contributed by atoms with Crippen LogP contribution in [-0.4, -0.2) is 63.9 Å². The molecule has 0 saturated heterocycles. The first-order valence-corrected chi connectivity index (χ1v) is 15.7. The number of aryl methyl sites for hydroxylation is 1. The second kappa shape index (κ2) is 14.0. The van der Waals surface area contributed by atoms with Crippen LogP contribution in [0.2, 0.25) is 5.02 Å². The molecule has 0 bridgehead atoms. The minimum absolute atomic E-state index is 0.0994. The maximum Gasteiger partial charge on any atom is 0.332 e. The van der Waals surface area contributed by atoms with Crippen molar-refractivity contribution < 1.29 is 34.8 Å². The molecular weight excluding hydrogens is 617 g/mol. The summed E-state index contributed by atoms with van der Waals surface area (Å²) in [5.41, 5.74) is 12.2. The fourth-order valence-corrected chi connectivity index (χ4v) is 4.53. The highest BCUT2D eigenvalue weighted by atomic mass is 35.5. The van der Waals surface area contributed by atoms with Crippen LogP contribution < -0.4 is 31.7 Å². The lowest BCUT2D eigenvalue weighted by Crippen LogP contribution is -2.54. The van der Waals surface area contributed by atoms with Gasteiger partial charge in [-0.25, -0.2) is 9.79 Å². The molecule has 0 radical (unpaired) electrons. The van der Waals surface area contributed by atoms with Crippen molar-refractivity contribution in [2.24, 2.45) is 21.5 Å². The topological polar surface area (TPSA) is 219 Å². The van der Waals surface area contributed by atoms with Crippen molar-refractivity contribution in [2.45, 2.75) is 44.7 Å². The predicted octanol–water partition coefficient (Wildman–Crippen LogP) is 2.98. The van der Waals surface area contributed by atoms with Crippen molar-refractivity contribution in [3.8, 4) is 5.75 Å². The van der Waals surface area contributed by atoms with Crippen LogP contribution in [0.5, 0.6) is 5.75 Å². The lowest BCUT2D eigenvalue weighted by Gasteiger charge is -2.38. The molecule has 2 aromatic rings. The molecule has 0 aliphatic carbocycles. The summed E-state index contributed by atoms with van der Waals surface area (Å²) in [6, 6.07) is 8.43. The number of nitrogens with two attached hydrogens (primary N) is 2. The molecule has 7 N–H and O–H groups in total. The minimum Gasteiger partial charge on any atom is -0.492 e. The molecule has 1 heterocycles. The Morgan fingerprint density at radius 3 is 2.33 bits per heavy atom. The van der Waals surface area contributed by atoms with E-state index in [1.54, 1.807) is 23.1 Å². The van der Waals surface area contributed by atoms with E-state index in [1.807, 2.05) is 13.8 Å². The Bertz CT molecular complexity index is 1580. The average molecular weight is 650 g/mol. The van der Waals surface area contributed by atoms with Crippen LogP contribution in [0, 0.1) is 6.92 Å². The van der Waals surface area contributed by atoms with Crippen molar-refractivity contribution in [2.75, 3.05) is 29.1 Å². The van der Waals surface area contributed by atoms with E-state index in [4.69, 9.17) is 32.4 Å². The molecule has 42 heavy (non-hydrogen) atoms. The van der Waals surface area contributed by atoms with Gasteiger partial charge < -0.3 is 26.8 Å². The first-order chi connectivity index (χ1) is 19.3. The second-order valence-corrected chi connectivity index (χ2v) is 12.7. The van der Waals surface area contributed by atoms with Crippen LogP contribution in [0.1, 0.15) is 32.8 Å². The SMILES string of the molecule is CCS(=O)(=O)O.Cc1cc(NC(=O)NCCCOc2ccc(N3C(N)=NC(N)=NC3(C)C)cc2Cl)ccc1S(=O)(=O)F. The smallest absolute Gasteiger partial charge is 0.332 e. The third kappa shape index (κ3) is 10.3. The number of halogens is 2. The van der Waals surface area contributed by atoms with Gasteiger partial charge in [-0.1, -0.05) is 11.6 Å². The Labute approximate surface area is 248 Å². The Morgan fingerprint density at radius 1 is 1.17 bits per heavy atom. The van der Waals surface area contributed by atoms with Crippen LogP contribution in [-0.2, 0) is 20.3 Å². The van der Waals surface area contributed by atoms with E-state index in [9.17, 15) is 25.5 Å². The molecule has 0 spiro atoms. The number of hydrogen-bond acceptors (Lipinski definition) is 11. The number of guanidine groups is 2. The molecule has 1 aliphatic rings. The Morgan fingerprint density at radius 2 is 1.81 bits per heavy atom. The van der Waals surface area contributed by atoms with Gasteiger partial charge in [0, 0.05) is 17.9 Å². The quantitative estimate of drug-likeness (QED) is 0.152. The molecule has 2 aromatic carbocycles. The summed E-state index contributed by atoms with van der Waals surface area (Å²) < 4.78 is 67.9. The van der Waals surface area contributed by atoms with Crippen molar-refractivity contribution >= 4 is 61.3 Å². The summed E-state index contributed by atoms with van der Waals surface area (Å²) in [6.45, 7) is 7.06. The number of amides is 2. The normalized spacial score (nSPS) is 14.6. The zero-order valence-electron chi connectivity index (χ0n) is 23.3. The van der Waals surface area contributed by atoms with Gasteiger partial charge >= 0.3 is 16.3 Å². The zero-order valence-corrected chi connectivity index (χ0v) is 25.6. The summed E-state index contributed by atoms with van der Waals surface area (Å²) in [5.74, 6) is 0.548. The van der Waals surface area contributed by atoms with Gasteiger partial charge in [0.1, 0.15) is 16.3 Å². The van der Waals surface area contributed by atoms with Crippen LogP contribution in [0.15, 0.2) is 51.3 Å². The number of aliphatic imine (C=N–C) groups is 2. The number of carbonyl (C=O) groups excluding carboxylic acids is 1. The number of anilines is 2. The van der Waals surface area contributed by atoms with E-state index in [-0.39, 0.29) is 29.8 Å². The van der Waals surface area contributed by atoms with Crippen LogP contribution in [0.4, 0.5) is 20.1 Å². The first-order valence-electron chi connectivity index (χ1n) is 12.3. The molecule has 0 unspecified atom stereocenters. The van der Waals surface area contributed by atoms with E-state index in [0.717, 1.165) is 6.07 Å². The van der Waals surface area contributed by atoms with Crippen molar-refractivity contribution in [3.63, 3.8) is 0 Å². The molecule has 0 fully saturated rings. The molecule has 2 amide bonds. The maximum absolute atomic E-state index is 13.2. The van der Waals surface area contributed by atoms with Crippen molar-refractivity contribution in [3.05, 3.63) is 47.0 Å². The maximum atomic E-state index is 13.2. The monoisotopic (exact) mass is 649 g/mol. The Kier molecular flexibility index (Phi) is 11.5. The second-order valence-electron chi connectivity index (χ2n) is 9.26. The third-order valence-electron chi connectivity index (χ3n) is 5.49. The number of hydrogen-bond donors (Lipinski definition) is 5. The summed E-state index contributed by atoms with van der Waals surface area (Å²) in [4.78, 5) is 21.6. The number of rotatable bonds is 9. The predicted molar refractivity (Wildman–Crippen MR) is 160 cm³/mol. The van der Waals surface area contributed by atoms with E-state index in [0.29, 0.717) is 35.1 Å². The standard InChI is InChI=1S/C22H27ClFN7O4S.C2H6O3S/c1-13-11-14(5-8-18(13)36(24,33)34)28-21(32)27-9-4-10-35-17-7-6-15(12-16(17)23)31-20(26)29-19(25)30-22(31,2)3;1-2-6(3,4)5/h5-8,11-12H,4,9-10H2,1-3H3,(H2,27,28,32)(H4,25,26,29,30);2H2,1H3,(H,3,4,5).